The van der Waals surface area contributed by atoms with Crippen molar-refractivity contribution in [3.63, 3.8) is 0 Å². The van der Waals surface area contributed by atoms with Crippen LogP contribution in [-0.4, -0.2) is 93.4 Å². The minimum atomic E-state index is -2.13. The molecule has 14 heteroatoms. The van der Waals surface area contributed by atoms with Gasteiger partial charge in [0.25, 0.3) is 5.60 Å². The quantitative estimate of drug-likeness (QED) is 0.0181. The Hall–Kier alpha value is -5.28. The molecule has 1 unspecified atom stereocenters. The number of nitrogens with zero attached hydrogens (tertiary/aromatic N) is 1. The SMILES string of the molecule is CCN[C@@H]1C=C2C=CCC[C@H]2C[C@H]1COC(=O)[C@]12O[C@@]1(C/C=C(\C)C1([C@@H](NC(N)=NC)C3=CCNC(NCNC)=C3)CCCC1)C(=O)c1cccc(CC(C)(C)CC3=CNC(N)C=C3)c1C2=O. The van der Waals surface area contributed by atoms with Gasteiger partial charge in [0.15, 0.2) is 17.3 Å². The summed E-state index contributed by atoms with van der Waals surface area (Å²) in [5.41, 5.74) is 13.6. The molecule has 7 atom stereocenters. The highest BCUT2D eigenvalue weighted by Crippen LogP contribution is 2.60. The molecule has 0 spiro atoms. The predicted molar refractivity (Wildman–Crippen MR) is 264 cm³/mol. The van der Waals surface area contributed by atoms with Crippen LogP contribution in [0.4, 0.5) is 0 Å². The van der Waals surface area contributed by atoms with Gasteiger partial charge in [-0.1, -0.05) is 93.8 Å². The summed E-state index contributed by atoms with van der Waals surface area (Å²) in [6.07, 6.45) is 26.5. The minimum Gasteiger partial charge on any atom is -0.463 e. The van der Waals surface area contributed by atoms with Gasteiger partial charge in [-0.2, -0.15) is 0 Å². The zero-order chi connectivity index (χ0) is 47.6. The lowest BCUT2D eigenvalue weighted by molar-refractivity contribution is -0.150. The van der Waals surface area contributed by atoms with Crippen LogP contribution in [0.2, 0.25) is 0 Å². The Morgan fingerprint density at radius 3 is 2.69 bits per heavy atom. The average Bonchev–Trinajstić information content (AvgIpc) is 3.79. The maximum Gasteiger partial charge on any atom is 0.350 e. The van der Waals surface area contributed by atoms with Gasteiger partial charge in [0.1, 0.15) is 5.82 Å². The smallest absolute Gasteiger partial charge is 0.350 e. The van der Waals surface area contributed by atoms with Crippen molar-refractivity contribution in [3.8, 4) is 0 Å². The zero-order valence-electron chi connectivity index (χ0n) is 40.4. The molecule has 2 fully saturated rings. The van der Waals surface area contributed by atoms with E-state index in [9.17, 15) is 0 Å². The number of esters is 1. The molecule has 67 heavy (non-hydrogen) atoms. The molecule has 0 bridgehead atoms. The number of Topliss-reactive ketones (excluding diaryl/α,β-unsaturated/α-hetero) is 2. The van der Waals surface area contributed by atoms with E-state index in [1.54, 1.807) is 13.1 Å². The number of likely N-dealkylation sites (N-methyl/N-ethyl adjacent to an activating group) is 1. The zero-order valence-corrected chi connectivity index (χ0v) is 40.4. The molecular formula is C53H73N9O5. The highest BCUT2D eigenvalue weighted by atomic mass is 16.7. The van der Waals surface area contributed by atoms with Gasteiger partial charge >= 0.3 is 5.97 Å². The van der Waals surface area contributed by atoms with Crippen molar-refractivity contribution in [2.75, 3.05) is 40.5 Å². The normalized spacial score (nSPS) is 29.2. The van der Waals surface area contributed by atoms with Crippen molar-refractivity contribution in [1.29, 1.82) is 0 Å². The second-order valence-corrected chi connectivity index (χ2v) is 20.4. The van der Waals surface area contributed by atoms with Crippen LogP contribution in [-0.2, 0) is 20.7 Å². The van der Waals surface area contributed by atoms with E-state index in [1.807, 2.05) is 43.6 Å². The Bertz CT molecular complexity index is 2350. The summed E-state index contributed by atoms with van der Waals surface area (Å²) in [5, 5.41) is 20.3. The summed E-state index contributed by atoms with van der Waals surface area (Å²) in [4.78, 5) is 50.2. The fourth-order valence-electron chi connectivity index (χ4n) is 11.9. The number of epoxide rings is 1. The summed E-state index contributed by atoms with van der Waals surface area (Å²) in [5.74, 6) is -0.0903. The monoisotopic (exact) mass is 916 g/mol. The van der Waals surface area contributed by atoms with Crippen LogP contribution in [0.15, 0.2) is 106 Å². The molecule has 1 aromatic carbocycles. The lowest BCUT2D eigenvalue weighted by Gasteiger charge is -2.41. The molecule has 14 nitrogen and oxygen atoms in total. The molecule has 3 aliphatic heterocycles. The van der Waals surface area contributed by atoms with Crippen molar-refractivity contribution < 1.29 is 23.9 Å². The first kappa shape index (κ1) is 48.2. The number of hydrogen-bond donors (Lipinski definition) is 8. The first-order chi connectivity index (χ1) is 32.2. The van der Waals surface area contributed by atoms with Gasteiger partial charge in [0.2, 0.25) is 5.78 Å². The van der Waals surface area contributed by atoms with Crippen LogP contribution in [0.1, 0.15) is 112 Å². The van der Waals surface area contributed by atoms with E-state index in [2.05, 4.69) is 95.0 Å². The van der Waals surface area contributed by atoms with Crippen LogP contribution >= 0.6 is 0 Å². The third-order valence-electron chi connectivity index (χ3n) is 15.4. The van der Waals surface area contributed by atoms with Gasteiger partial charge < -0.3 is 52.8 Å². The Morgan fingerprint density at radius 2 is 1.96 bits per heavy atom. The number of carbonyl (C=O) groups excluding carboxylic acids is 3. The van der Waals surface area contributed by atoms with Crippen molar-refractivity contribution >= 4 is 23.5 Å². The fraction of sp³-hybridized carbons (Fsp3) is 0.547. The van der Waals surface area contributed by atoms with Gasteiger partial charge in [-0.25, -0.2) is 4.79 Å². The van der Waals surface area contributed by atoms with Gasteiger partial charge in [0, 0.05) is 54.7 Å². The number of nitrogens with two attached hydrogens (primary N) is 2. The summed E-state index contributed by atoms with van der Waals surface area (Å²) < 4.78 is 12.9. The van der Waals surface area contributed by atoms with E-state index in [-0.39, 0.29) is 59.5 Å². The van der Waals surface area contributed by atoms with Crippen molar-refractivity contribution in [2.45, 2.75) is 121 Å². The molecular weight excluding hydrogens is 843 g/mol. The topological polar surface area (TPSA) is 210 Å². The van der Waals surface area contributed by atoms with E-state index in [0.29, 0.717) is 43.5 Å². The Labute approximate surface area is 396 Å². The molecule has 0 amide bonds. The van der Waals surface area contributed by atoms with Gasteiger partial charge in [-0.3, -0.25) is 14.6 Å². The minimum absolute atomic E-state index is 0.00547. The number of aliphatic imine (C=N–C) groups is 1. The summed E-state index contributed by atoms with van der Waals surface area (Å²) in [7, 11) is 3.56. The van der Waals surface area contributed by atoms with E-state index < -0.39 is 28.4 Å². The highest BCUT2D eigenvalue weighted by molar-refractivity contribution is 6.33. The van der Waals surface area contributed by atoms with Crippen LogP contribution in [0, 0.1) is 22.7 Å². The number of guanidine groups is 1. The van der Waals surface area contributed by atoms with Crippen LogP contribution in [0.3, 0.4) is 0 Å². The van der Waals surface area contributed by atoms with Crippen LogP contribution < -0.4 is 43.4 Å². The number of hydrogen-bond acceptors (Lipinski definition) is 12. The molecule has 360 valence electrons. The number of dihydropyridines is 2. The second-order valence-electron chi connectivity index (χ2n) is 20.4. The van der Waals surface area contributed by atoms with E-state index >= 15 is 14.4 Å². The number of rotatable bonds is 18. The Balaban J connectivity index is 1.15. The standard InChI is InChI=1S/C53H73N9O5/c1-7-58-41-26-36-14-9-8-13-35(36)25-39(41)31-66-48(65)53-47(64)44-38(29-50(3,4)28-34-17-18-42(54)60-30-34)15-12-16-40(44)46(63)52(53,67-53)23-19-33(2)51(21-10-11-22-51)45(62-49(55)57-6)37-20-24-59-43(27-37)61-32-56-5/h9,12,14-20,26-27,30,35,39,41-42,45,56,58-61H,7-8,10-11,13,21-25,28-29,31-32,54H2,1-6H3,(H3,55,57,62)/b33-19+/t35-,39-,41+,42?,45-,52-,53-/m0/s1. The molecule has 8 rings (SSSR count). The largest absolute Gasteiger partial charge is 0.463 e. The first-order valence-electron chi connectivity index (χ1n) is 24.5. The highest BCUT2D eigenvalue weighted by Gasteiger charge is 2.85. The molecule has 0 radical (unpaired) electrons. The molecule has 3 heterocycles. The van der Waals surface area contributed by atoms with Gasteiger partial charge in [-0.05, 0) is 111 Å². The van der Waals surface area contributed by atoms with Crippen molar-refractivity contribution in [1.82, 2.24) is 31.9 Å². The van der Waals surface area contributed by atoms with Crippen LogP contribution in [0.5, 0.6) is 0 Å². The summed E-state index contributed by atoms with van der Waals surface area (Å²) in [6, 6.07) is 5.20. The maximum atomic E-state index is 15.5. The second kappa shape index (κ2) is 19.7. The van der Waals surface area contributed by atoms with Gasteiger partial charge in [-0.15, -0.1) is 0 Å². The van der Waals surface area contributed by atoms with E-state index in [4.69, 9.17) is 20.9 Å². The molecule has 1 saturated carbocycles. The molecule has 1 aromatic rings. The Morgan fingerprint density at radius 1 is 1.15 bits per heavy atom. The number of fused-ring (bicyclic) bond motifs is 3. The third kappa shape index (κ3) is 9.34. The number of benzene rings is 1. The number of ether oxygens (including phenoxy) is 2. The summed E-state index contributed by atoms with van der Waals surface area (Å²) in [6.45, 7) is 10.5. The number of allylic oxidation sites excluding steroid dienone is 5. The third-order valence-corrected chi connectivity index (χ3v) is 15.4. The van der Waals surface area contributed by atoms with Crippen molar-refractivity contribution in [3.05, 3.63) is 118 Å². The molecule has 0 aromatic heterocycles. The van der Waals surface area contributed by atoms with Gasteiger partial charge in [0.05, 0.1) is 25.5 Å². The molecule has 1 saturated heterocycles. The summed E-state index contributed by atoms with van der Waals surface area (Å²) >= 11 is 0. The molecule has 4 aliphatic carbocycles. The van der Waals surface area contributed by atoms with Crippen LogP contribution in [0.25, 0.3) is 0 Å². The molecule has 10 N–H and O–H groups in total. The lowest BCUT2D eigenvalue weighted by Crippen LogP contribution is -2.52. The first-order valence-corrected chi connectivity index (χ1v) is 24.5. The predicted octanol–water partition coefficient (Wildman–Crippen LogP) is 5.23. The number of ketones is 2. The number of carbonyl (C=O) groups is 3. The maximum absolute atomic E-state index is 15.5. The lowest BCUT2D eigenvalue weighted by atomic mass is 9.67. The number of nitrogens with one attached hydrogen (secondary N) is 6. The van der Waals surface area contributed by atoms with Crippen molar-refractivity contribution in [2.24, 2.45) is 39.1 Å². The fourth-order valence-corrected chi connectivity index (χ4v) is 11.9. The Kier molecular flexibility index (Phi) is 14.2. The van der Waals surface area contributed by atoms with E-state index in [1.165, 1.54) is 5.57 Å². The van der Waals surface area contributed by atoms with E-state index in [0.717, 1.165) is 74.0 Å². The average molecular weight is 916 g/mol. The molecule has 7 aliphatic rings.